The van der Waals surface area contributed by atoms with E-state index in [2.05, 4.69) is 5.32 Å². The fourth-order valence-corrected chi connectivity index (χ4v) is 1.32. The summed E-state index contributed by atoms with van der Waals surface area (Å²) in [4.78, 5) is 21.1. The first-order chi connectivity index (χ1) is 4.29. The largest absolute Gasteiger partial charge is 0.296 e. The summed E-state index contributed by atoms with van der Waals surface area (Å²) in [7, 11) is 0. The van der Waals surface area contributed by atoms with E-state index in [1.54, 1.807) is 0 Å². The number of hydrogen-bond donors (Lipinski definition) is 1. The van der Waals surface area contributed by atoms with Crippen molar-refractivity contribution in [3.8, 4) is 0 Å². The molecule has 0 atom stereocenters. The lowest BCUT2D eigenvalue weighted by atomic mass is 10.4. The van der Waals surface area contributed by atoms with E-state index in [0.29, 0.717) is 12.2 Å². The molecule has 4 heteroatoms. The van der Waals surface area contributed by atoms with Crippen LogP contribution in [0.25, 0.3) is 0 Å². The minimum Gasteiger partial charge on any atom is -0.296 e. The molecule has 1 saturated heterocycles. The van der Waals surface area contributed by atoms with Gasteiger partial charge >= 0.3 is 0 Å². The fourth-order valence-electron chi connectivity index (χ4n) is 0.584. The third kappa shape index (κ3) is 2.05. The molecular formula is C5H7NO2S. The molecule has 0 bridgehead atoms. The Labute approximate surface area is 57.2 Å². The minimum atomic E-state index is -0.164. The second-order valence-corrected chi connectivity index (χ2v) is 2.88. The summed E-state index contributed by atoms with van der Waals surface area (Å²) in [5.41, 5.74) is 0. The Balaban J connectivity index is 2.47. The van der Waals surface area contributed by atoms with E-state index in [-0.39, 0.29) is 11.8 Å². The first-order valence-corrected chi connectivity index (χ1v) is 3.85. The summed E-state index contributed by atoms with van der Waals surface area (Å²) in [6.07, 6.45) is 0.469. The lowest BCUT2D eigenvalue weighted by molar-refractivity contribution is -0.128. The number of hydrogen-bond acceptors (Lipinski definition) is 3. The Bertz CT molecular complexity index is 130. The Morgan fingerprint density at radius 3 is 2.89 bits per heavy atom. The van der Waals surface area contributed by atoms with Crippen LogP contribution in [-0.4, -0.2) is 23.3 Å². The van der Waals surface area contributed by atoms with Crippen molar-refractivity contribution in [3.63, 3.8) is 0 Å². The highest BCUT2D eigenvalue weighted by Gasteiger charge is 2.11. The van der Waals surface area contributed by atoms with E-state index < -0.39 is 0 Å². The monoisotopic (exact) mass is 145 g/mol. The van der Waals surface area contributed by atoms with Crippen molar-refractivity contribution in [2.24, 2.45) is 0 Å². The highest BCUT2D eigenvalue weighted by molar-refractivity contribution is 8.00. The fraction of sp³-hybridized carbons (Fsp3) is 0.600. The summed E-state index contributed by atoms with van der Waals surface area (Å²) in [5, 5.41) is 2.24. The van der Waals surface area contributed by atoms with Crippen LogP contribution in [0.2, 0.25) is 0 Å². The molecule has 0 spiro atoms. The van der Waals surface area contributed by atoms with Crippen LogP contribution >= 0.6 is 11.8 Å². The minimum absolute atomic E-state index is 0.148. The maximum atomic E-state index is 10.5. The van der Waals surface area contributed by atoms with Gasteiger partial charge in [0, 0.05) is 12.2 Å². The topological polar surface area (TPSA) is 46.2 Å². The molecule has 1 rings (SSSR count). The molecule has 9 heavy (non-hydrogen) atoms. The van der Waals surface area contributed by atoms with Gasteiger partial charge in [0.1, 0.15) is 0 Å². The molecule has 0 saturated carbocycles. The van der Waals surface area contributed by atoms with Gasteiger partial charge in [0.15, 0.2) is 0 Å². The summed E-state index contributed by atoms with van der Waals surface area (Å²) < 4.78 is 0. The Morgan fingerprint density at radius 2 is 2.11 bits per heavy atom. The van der Waals surface area contributed by atoms with Crippen molar-refractivity contribution in [3.05, 3.63) is 0 Å². The number of thioether (sulfide) groups is 1. The highest BCUT2D eigenvalue weighted by Crippen LogP contribution is 2.04. The summed E-state index contributed by atoms with van der Waals surface area (Å²) in [6.45, 7) is 0. The van der Waals surface area contributed by atoms with Crippen molar-refractivity contribution in [1.82, 2.24) is 5.32 Å². The van der Waals surface area contributed by atoms with E-state index in [4.69, 9.17) is 0 Å². The van der Waals surface area contributed by atoms with Gasteiger partial charge in [-0.2, -0.15) is 11.8 Å². The molecule has 1 aliphatic heterocycles. The second-order valence-electron chi connectivity index (χ2n) is 1.77. The van der Waals surface area contributed by atoms with E-state index in [9.17, 15) is 9.59 Å². The Hall–Kier alpha value is -0.510. The van der Waals surface area contributed by atoms with E-state index in [0.717, 1.165) is 5.75 Å². The first kappa shape index (κ1) is 6.61. The summed E-state index contributed by atoms with van der Waals surface area (Å²) >= 11 is 1.49. The van der Waals surface area contributed by atoms with Crippen LogP contribution in [-0.2, 0) is 9.59 Å². The highest BCUT2D eigenvalue weighted by atomic mass is 32.2. The molecular weight excluding hydrogens is 138 g/mol. The molecule has 1 N–H and O–H groups in total. The molecule has 0 radical (unpaired) electrons. The summed E-state index contributed by atoms with van der Waals surface area (Å²) in [6, 6.07) is 0. The lowest BCUT2D eigenvalue weighted by Crippen LogP contribution is -2.29. The molecule has 0 aromatic carbocycles. The van der Waals surface area contributed by atoms with E-state index >= 15 is 0 Å². The molecule has 1 heterocycles. The Kier molecular flexibility index (Phi) is 2.10. The maximum Gasteiger partial charge on any atom is 0.236 e. The van der Waals surface area contributed by atoms with Crippen molar-refractivity contribution in [1.29, 1.82) is 0 Å². The van der Waals surface area contributed by atoms with Crippen molar-refractivity contribution < 1.29 is 9.59 Å². The lowest BCUT2D eigenvalue weighted by Gasteiger charge is -1.92. The van der Waals surface area contributed by atoms with Crippen LogP contribution in [0.3, 0.4) is 0 Å². The predicted octanol–water partition coefficient (Wildman–Crippen LogP) is -0.234. The van der Waals surface area contributed by atoms with Crippen LogP contribution in [0.4, 0.5) is 0 Å². The van der Waals surface area contributed by atoms with Gasteiger partial charge in [-0.1, -0.05) is 0 Å². The van der Waals surface area contributed by atoms with Crippen LogP contribution in [0, 0.1) is 0 Å². The van der Waals surface area contributed by atoms with Crippen LogP contribution in [0.15, 0.2) is 0 Å². The standard InChI is InChI=1S/C5H7NO2S/c7-4-1-2-9-3-5(8)6-4/h1-3H2,(H,6,7,8). The van der Waals surface area contributed by atoms with Crippen molar-refractivity contribution >= 4 is 23.6 Å². The zero-order chi connectivity index (χ0) is 6.69. The first-order valence-electron chi connectivity index (χ1n) is 2.69. The van der Waals surface area contributed by atoms with Crippen molar-refractivity contribution in [2.75, 3.05) is 11.5 Å². The maximum absolute atomic E-state index is 10.5. The number of nitrogens with one attached hydrogen (secondary N) is 1. The molecule has 0 unspecified atom stereocenters. The van der Waals surface area contributed by atoms with Crippen molar-refractivity contribution in [2.45, 2.75) is 6.42 Å². The molecule has 0 aliphatic carbocycles. The van der Waals surface area contributed by atoms with Crippen LogP contribution in [0.1, 0.15) is 6.42 Å². The smallest absolute Gasteiger partial charge is 0.236 e. The van der Waals surface area contributed by atoms with Gasteiger partial charge in [0.2, 0.25) is 11.8 Å². The SMILES string of the molecule is O=C1CCSCC(=O)N1. The normalized spacial score (nSPS) is 20.9. The molecule has 3 nitrogen and oxygen atoms in total. The zero-order valence-corrected chi connectivity index (χ0v) is 5.66. The average Bonchev–Trinajstić information content (AvgIpc) is 1.93. The van der Waals surface area contributed by atoms with Gasteiger partial charge in [-0.25, -0.2) is 0 Å². The molecule has 50 valence electrons. The molecule has 1 fully saturated rings. The number of carbonyl (C=O) groups is 2. The number of amides is 2. The molecule has 0 aromatic heterocycles. The van der Waals surface area contributed by atoms with Crippen LogP contribution < -0.4 is 5.32 Å². The number of rotatable bonds is 0. The third-order valence-electron chi connectivity index (χ3n) is 0.985. The summed E-state index contributed by atoms with van der Waals surface area (Å²) in [5.74, 6) is 0.871. The number of carbonyl (C=O) groups excluding carboxylic acids is 2. The number of imide groups is 1. The van der Waals surface area contributed by atoms with Crippen LogP contribution in [0.5, 0.6) is 0 Å². The predicted molar refractivity (Wildman–Crippen MR) is 35.1 cm³/mol. The second kappa shape index (κ2) is 2.87. The Morgan fingerprint density at radius 1 is 1.33 bits per heavy atom. The zero-order valence-electron chi connectivity index (χ0n) is 4.85. The molecule has 2 amide bonds. The van der Waals surface area contributed by atoms with Gasteiger partial charge in [0.05, 0.1) is 5.75 Å². The van der Waals surface area contributed by atoms with Gasteiger partial charge < -0.3 is 0 Å². The van der Waals surface area contributed by atoms with E-state index in [1.165, 1.54) is 11.8 Å². The average molecular weight is 145 g/mol. The molecule has 1 aliphatic rings. The quantitative estimate of drug-likeness (QED) is 0.479. The van der Waals surface area contributed by atoms with Gasteiger partial charge in [-0.15, -0.1) is 0 Å². The van der Waals surface area contributed by atoms with Gasteiger partial charge in [-0.05, 0) is 0 Å². The molecule has 0 aromatic rings. The van der Waals surface area contributed by atoms with Gasteiger partial charge in [-0.3, -0.25) is 14.9 Å². The van der Waals surface area contributed by atoms with E-state index in [1.807, 2.05) is 0 Å². The third-order valence-corrected chi connectivity index (χ3v) is 1.94. The van der Waals surface area contributed by atoms with Gasteiger partial charge in [0.25, 0.3) is 0 Å².